The summed E-state index contributed by atoms with van der Waals surface area (Å²) >= 11 is 15.4. The van der Waals surface area contributed by atoms with Crippen LogP contribution in [0.15, 0.2) is 102 Å². The minimum absolute atomic E-state index is 0.103. The Kier molecular flexibility index (Phi) is 24.0. The molecule has 21 N–H and O–H groups in total. The molecule has 0 spiro atoms. The standard InChI is InChI=1S/C74H81Cl2N11O24S/c1-27(2)15-41(79-5)65(97)86-56-58(92)30-8-13-45(37(75)17-30)107-47-19-32-20-48(62(47)111-72-63(110-51-25-74(4,78)64(96)28(3)106-51)61(95)60(94)49(109-72)26-112-73-81-39-11-10-34(105-6)23-40(39)82-73)108-46-14-9-31(18-38(46)76)59(93)57-70(102)85-55(71(103)104)36-21-33(88)22-44(90)52(36)35-16-29(7-12-43(35)89)53(67(99)87-57)84-68(100)54(32)83-66(98)42(24-50(77)91)80-69(56)101/h7-14,16-23,27-28,41-42,49,51,53-61,63-64,72,79,88-90,92-96H,15,24-26,78H2,1-6H3,(H2,77,91)(H,80,101)(H,81,82)(H,83,98)(H,84,100)(H,85,102)(H,86,97)(H,87,99)(H,103,104)/t28-,41+,42-,49+,51-,53+,54?,55-,56+,57?,58+,59+,60+,61-,63+,64+,72-,74-/m0/s1. The molecule has 7 aliphatic heterocycles. The molecule has 7 amide bonds. The summed E-state index contributed by atoms with van der Waals surface area (Å²) < 4.78 is 45.2. The van der Waals surface area contributed by atoms with Crippen molar-refractivity contribution in [1.82, 2.24) is 47.2 Å². The Morgan fingerprint density at radius 2 is 1.38 bits per heavy atom. The number of imidazole rings is 1. The summed E-state index contributed by atoms with van der Waals surface area (Å²) in [5.41, 5.74) is 9.33. The van der Waals surface area contributed by atoms with Crippen molar-refractivity contribution in [2.45, 2.75) is 161 Å². The molecule has 2 fully saturated rings. The number of fused-ring (bicyclic) bond motifs is 16. The number of nitrogens with two attached hydrogens (primary N) is 2. The molecule has 18 atom stereocenters. The number of ether oxygens (including phenoxy) is 7. The Morgan fingerprint density at radius 1 is 0.732 bits per heavy atom. The Labute approximate surface area is 651 Å². The van der Waals surface area contributed by atoms with Crippen LogP contribution in [0.4, 0.5) is 0 Å². The molecule has 0 saturated carbocycles. The number of carbonyl (C=O) groups excluding carboxylic acids is 7. The third-order valence-corrected chi connectivity index (χ3v) is 21.2. The van der Waals surface area contributed by atoms with Crippen LogP contribution in [-0.2, 0) is 52.6 Å². The number of aromatic hydroxyl groups is 3. The van der Waals surface area contributed by atoms with Crippen LogP contribution < -0.4 is 67.6 Å². The van der Waals surface area contributed by atoms with Crippen molar-refractivity contribution in [2.24, 2.45) is 17.4 Å². The fraction of sp³-hybridized carbons (Fsp3) is 0.392. The van der Waals surface area contributed by atoms with E-state index in [9.17, 15) is 69.9 Å². The fourth-order valence-electron chi connectivity index (χ4n) is 13.8. The number of rotatable bonds is 16. The number of carboxylic acids is 1. The number of hydrogen-bond donors (Lipinski definition) is 19. The summed E-state index contributed by atoms with van der Waals surface area (Å²) in [4.78, 5) is 126. The quantitative estimate of drug-likeness (QED) is 0.0618. The number of amides is 7. The SMILES string of the molecule is CN[C@H](CC(C)C)C(=O)N[C@H]1C(=O)N[C@@H](CC(N)=O)C(=O)NC2C(=O)N[C@H]3C(=O)NC(C(=O)N[C@H](C(=O)O)c4cc(O)cc(O)c4-c4cc3ccc4O)[C@H](O)c3ccc(c(Cl)c3)Oc3cc2cc(c3O[C@@H]2O[C@H](CSc3nc4cc(OC)ccc4[nH]3)[C@@H](O)[C@H](O)[C@H]2O[C@H]2C[C@](C)(N)[C@H](O)[C@H](C)O2)Oc2ccc(cc2Cl)[C@H]1O. The Hall–Kier alpha value is -10.3. The highest BCUT2D eigenvalue weighted by Gasteiger charge is 2.52. The first-order chi connectivity index (χ1) is 53.1. The summed E-state index contributed by atoms with van der Waals surface area (Å²) in [5, 5.41) is 123. The Balaban J connectivity index is 1.09. The van der Waals surface area contributed by atoms with Gasteiger partial charge in [-0.05, 0) is 122 Å². The minimum atomic E-state index is -2.35. The van der Waals surface area contributed by atoms with Gasteiger partial charge in [0.15, 0.2) is 35.1 Å². The topological polar surface area (TPSA) is 548 Å². The van der Waals surface area contributed by atoms with Gasteiger partial charge in [-0.3, -0.25) is 33.6 Å². The fourth-order valence-corrected chi connectivity index (χ4v) is 15.2. The summed E-state index contributed by atoms with van der Waals surface area (Å²) in [6, 6.07) is 4.68. The number of carboxylic acid groups (broad SMARTS) is 1. The molecule has 7 aromatic rings. The molecule has 8 heterocycles. The zero-order valence-corrected chi connectivity index (χ0v) is 62.7. The van der Waals surface area contributed by atoms with Crippen molar-refractivity contribution in [1.29, 1.82) is 0 Å². The van der Waals surface area contributed by atoms with Gasteiger partial charge >= 0.3 is 5.97 Å². The average molecular weight is 1610 g/mol. The number of nitrogens with one attached hydrogen (secondary N) is 8. The van der Waals surface area contributed by atoms with Crippen LogP contribution in [0.5, 0.6) is 51.7 Å². The van der Waals surface area contributed by atoms with E-state index >= 15 is 14.4 Å². The van der Waals surface area contributed by atoms with Gasteiger partial charge in [-0.15, -0.1) is 0 Å². The first-order valence-corrected chi connectivity index (χ1v) is 36.8. The van der Waals surface area contributed by atoms with Crippen molar-refractivity contribution < 1.29 is 117 Å². The van der Waals surface area contributed by atoms with Gasteiger partial charge in [0.05, 0.1) is 59.0 Å². The predicted octanol–water partition coefficient (Wildman–Crippen LogP) is 2.79. The molecule has 112 heavy (non-hydrogen) atoms. The molecule has 2 saturated heterocycles. The second-order valence-electron chi connectivity index (χ2n) is 28.3. The van der Waals surface area contributed by atoms with Crippen LogP contribution in [0.1, 0.15) is 105 Å². The number of halogens is 2. The number of likely N-dealkylation sites (N-methyl/N-ethyl adjacent to an activating group) is 1. The maximum Gasteiger partial charge on any atom is 0.330 e. The van der Waals surface area contributed by atoms with Crippen molar-refractivity contribution >= 4 is 93.3 Å². The van der Waals surface area contributed by atoms with E-state index in [0.717, 1.165) is 78.5 Å². The van der Waals surface area contributed by atoms with Crippen molar-refractivity contribution in [2.75, 3.05) is 19.9 Å². The molecule has 0 aliphatic carbocycles. The van der Waals surface area contributed by atoms with Gasteiger partial charge in [0.25, 0.3) is 0 Å². The third kappa shape index (κ3) is 17.2. The molecule has 38 heteroatoms. The molecule has 11 bridgehead atoms. The Bertz CT molecular complexity index is 4840. The summed E-state index contributed by atoms with van der Waals surface area (Å²) in [5.74, 6) is -15.5. The lowest BCUT2D eigenvalue weighted by molar-refractivity contribution is -0.329. The normalized spacial score (nSPS) is 27.7. The predicted molar refractivity (Wildman–Crippen MR) is 396 cm³/mol. The number of phenolic OH excluding ortho intramolecular Hbond substituents is 3. The van der Waals surface area contributed by atoms with Crippen molar-refractivity contribution in [3.8, 4) is 62.9 Å². The number of aliphatic carboxylic acids is 1. The van der Waals surface area contributed by atoms with Gasteiger partial charge in [-0.2, -0.15) is 0 Å². The van der Waals surface area contributed by atoms with Crippen LogP contribution >= 0.6 is 35.0 Å². The van der Waals surface area contributed by atoms with E-state index in [1.54, 1.807) is 18.2 Å². The summed E-state index contributed by atoms with van der Waals surface area (Å²) in [6.45, 7) is 6.70. The molecule has 2 unspecified atom stereocenters. The average Bonchev–Trinajstić information content (AvgIpc) is 0.907. The largest absolute Gasteiger partial charge is 0.508 e. The first-order valence-electron chi connectivity index (χ1n) is 35.1. The molecule has 596 valence electrons. The number of benzene rings is 6. The number of thioether (sulfide) groups is 1. The maximum atomic E-state index is 16.2. The molecular weight excluding hydrogens is 1530 g/mol. The number of aromatic amines is 1. The third-order valence-electron chi connectivity index (χ3n) is 19.6. The highest BCUT2D eigenvalue weighted by molar-refractivity contribution is 7.99. The van der Waals surface area contributed by atoms with E-state index in [1.165, 1.54) is 40.1 Å². The number of primary amides is 1. The summed E-state index contributed by atoms with van der Waals surface area (Å²) in [6.07, 6.45) is -18.2. The van der Waals surface area contributed by atoms with Crippen LogP contribution in [0, 0.1) is 5.92 Å². The number of hydrogen-bond acceptors (Lipinski definition) is 27. The van der Waals surface area contributed by atoms with Gasteiger partial charge in [0.2, 0.25) is 53.4 Å². The monoisotopic (exact) mass is 1610 g/mol. The van der Waals surface area contributed by atoms with E-state index in [-0.39, 0.29) is 57.7 Å². The van der Waals surface area contributed by atoms with Crippen LogP contribution in [0.3, 0.4) is 0 Å². The molecule has 0 radical (unpaired) electrons. The number of carbonyl (C=O) groups is 8. The van der Waals surface area contributed by atoms with E-state index in [2.05, 4.69) is 47.2 Å². The minimum Gasteiger partial charge on any atom is -0.508 e. The molecule has 14 rings (SSSR count). The molecule has 35 nitrogen and oxygen atoms in total. The lowest BCUT2D eigenvalue weighted by Crippen LogP contribution is -2.64. The number of aromatic nitrogens is 2. The van der Waals surface area contributed by atoms with E-state index in [0.29, 0.717) is 21.9 Å². The van der Waals surface area contributed by atoms with Gasteiger partial charge in [0.1, 0.15) is 89.1 Å². The van der Waals surface area contributed by atoms with E-state index in [4.69, 9.17) is 67.8 Å². The number of methoxy groups -OCH3 is 1. The van der Waals surface area contributed by atoms with E-state index in [1.807, 2.05) is 13.8 Å². The smallest absolute Gasteiger partial charge is 0.330 e. The number of phenols is 3. The Morgan fingerprint density at radius 3 is 2.00 bits per heavy atom. The van der Waals surface area contributed by atoms with Gasteiger partial charge in [-0.1, -0.05) is 67.0 Å². The number of aliphatic hydroxyl groups is 5. The zero-order chi connectivity index (χ0) is 80.8. The molecule has 7 aliphatic rings. The second-order valence-corrected chi connectivity index (χ2v) is 30.1. The van der Waals surface area contributed by atoms with Crippen molar-refractivity contribution in [3.05, 3.63) is 135 Å². The van der Waals surface area contributed by atoms with Crippen LogP contribution in [0.25, 0.3) is 22.2 Å². The van der Waals surface area contributed by atoms with Crippen LogP contribution in [0.2, 0.25) is 10.0 Å². The first kappa shape index (κ1) is 81.2. The zero-order valence-electron chi connectivity index (χ0n) is 60.4. The van der Waals surface area contributed by atoms with Gasteiger partial charge in [-0.25, -0.2) is 9.78 Å². The molecule has 1 aromatic heterocycles. The number of H-pyrrole nitrogens is 1. The highest BCUT2D eigenvalue weighted by Crippen LogP contribution is 2.50. The molecule has 6 aromatic carbocycles. The lowest BCUT2D eigenvalue weighted by Gasteiger charge is -2.47. The molecular formula is C74H81Cl2N11O24S. The highest BCUT2D eigenvalue weighted by atomic mass is 35.5. The van der Waals surface area contributed by atoms with Crippen LogP contribution in [-0.4, -0.2) is 202 Å². The van der Waals surface area contributed by atoms with Gasteiger partial charge in [0, 0.05) is 46.5 Å². The lowest BCUT2D eigenvalue weighted by atomic mass is 9.86. The summed E-state index contributed by atoms with van der Waals surface area (Å²) in [7, 11) is 2.97. The number of aliphatic hydroxyl groups excluding tert-OH is 5. The van der Waals surface area contributed by atoms with Gasteiger partial charge < -0.3 is 133 Å². The maximum absolute atomic E-state index is 16.2. The van der Waals surface area contributed by atoms with Crippen molar-refractivity contribution in [3.63, 3.8) is 0 Å². The second kappa shape index (κ2) is 33.2. The van der Waals surface area contributed by atoms with E-state index < -0.39 is 225 Å². The number of nitrogens with zero attached hydrogens (tertiary/aromatic N) is 1.